The maximum atomic E-state index is 15.2. The van der Waals surface area contributed by atoms with Crippen LogP contribution in [0.2, 0.25) is 0 Å². The summed E-state index contributed by atoms with van der Waals surface area (Å²) in [5.41, 5.74) is 3.43. The van der Waals surface area contributed by atoms with Crippen molar-refractivity contribution in [3.63, 3.8) is 0 Å². The molecule has 0 radical (unpaired) electrons. The van der Waals surface area contributed by atoms with Crippen molar-refractivity contribution in [1.29, 1.82) is 0 Å². The molecule has 234 valence electrons. The van der Waals surface area contributed by atoms with Gasteiger partial charge in [-0.05, 0) is 105 Å². The number of ether oxygens (including phenoxy) is 4. The zero-order chi connectivity index (χ0) is 30.3. The standard InChI is InChI=1S/C35H47FN2O5/c1-5-38(23-24-6-11-33(31(36)18-24)43-17-14-37(2)28-12-15-42-16-13-28)32-22-35(41-4)34(40-3)21-30(32)27-8-7-26-20-29(39)10-9-25(26)19-27/h6,9-11,18,20-22,27-28,30,32,39H,5,7-8,12-17,19,23H2,1-4H3/t27-,30?,32?/m1/s1. The Balaban J connectivity index is 1.27. The van der Waals surface area contributed by atoms with E-state index < -0.39 is 0 Å². The van der Waals surface area contributed by atoms with Gasteiger partial charge < -0.3 is 24.1 Å². The number of hydrogen-bond acceptors (Lipinski definition) is 7. The van der Waals surface area contributed by atoms with Crippen molar-refractivity contribution in [2.24, 2.45) is 11.8 Å². The minimum absolute atomic E-state index is 0.0576. The first kappa shape index (κ1) is 31.4. The molecular weight excluding hydrogens is 547 g/mol. The Labute approximate surface area is 255 Å². The highest BCUT2D eigenvalue weighted by atomic mass is 19.1. The molecule has 8 heteroatoms. The molecule has 0 saturated carbocycles. The first-order valence-corrected chi connectivity index (χ1v) is 15.7. The van der Waals surface area contributed by atoms with Crippen LogP contribution in [0.25, 0.3) is 0 Å². The predicted molar refractivity (Wildman–Crippen MR) is 166 cm³/mol. The van der Waals surface area contributed by atoms with Crippen LogP contribution >= 0.6 is 0 Å². The molecule has 43 heavy (non-hydrogen) atoms. The van der Waals surface area contributed by atoms with E-state index in [9.17, 15) is 5.11 Å². The molecule has 1 fully saturated rings. The second kappa shape index (κ2) is 14.6. The molecule has 2 unspecified atom stereocenters. The predicted octanol–water partition coefficient (Wildman–Crippen LogP) is 5.71. The fraction of sp³-hybridized carbons (Fsp3) is 0.543. The highest BCUT2D eigenvalue weighted by Crippen LogP contribution is 2.40. The van der Waals surface area contributed by atoms with Crippen molar-refractivity contribution in [2.75, 3.05) is 54.2 Å². The Morgan fingerprint density at radius 2 is 1.74 bits per heavy atom. The van der Waals surface area contributed by atoms with Gasteiger partial charge >= 0.3 is 0 Å². The van der Waals surface area contributed by atoms with E-state index in [0.717, 1.165) is 75.5 Å². The molecular formula is C35H47FN2O5. The SMILES string of the molecule is CCN(Cc1ccc(OCCN(C)C2CCOCC2)c(F)c1)C1C=C(OC)C(OC)=CC1[C@@H]1CCc2cc(O)ccc2C1. The van der Waals surface area contributed by atoms with E-state index in [0.29, 0.717) is 36.6 Å². The largest absolute Gasteiger partial charge is 0.508 e. The Morgan fingerprint density at radius 1 is 0.977 bits per heavy atom. The monoisotopic (exact) mass is 594 g/mol. The van der Waals surface area contributed by atoms with E-state index in [-0.39, 0.29) is 17.8 Å². The summed E-state index contributed by atoms with van der Waals surface area (Å²) in [6.07, 6.45) is 9.32. The third kappa shape index (κ3) is 7.54. The van der Waals surface area contributed by atoms with Crippen LogP contribution in [0.1, 0.15) is 42.9 Å². The number of rotatable bonds is 12. The number of aryl methyl sites for hydroxylation is 1. The van der Waals surface area contributed by atoms with E-state index in [2.05, 4.69) is 42.0 Å². The highest BCUT2D eigenvalue weighted by molar-refractivity contribution is 5.38. The topological polar surface area (TPSA) is 63.6 Å². The Bertz CT molecular complexity index is 1290. The van der Waals surface area contributed by atoms with Crippen molar-refractivity contribution in [1.82, 2.24) is 9.80 Å². The molecule has 0 aromatic heterocycles. The van der Waals surface area contributed by atoms with Gasteiger partial charge in [0.15, 0.2) is 23.1 Å². The van der Waals surface area contributed by atoms with Crippen LogP contribution in [0.15, 0.2) is 60.1 Å². The molecule has 1 saturated heterocycles. The summed E-state index contributed by atoms with van der Waals surface area (Å²) in [5.74, 6) is 2.35. The second-order valence-corrected chi connectivity index (χ2v) is 12.0. The molecule has 1 N–H and O–H groups in total. The van der Waals surface area contributed by atoms with Gasteiger partial charge in [-0.2, -0.15) is 0 Å². The minimum Gasteiger partial charge on any atom is -0.508 e. The number of nitrogens with zero attached hydrogens (tertiary/aromatic N) is 2. The van der Waals surface area contributed by atoms with Crippen LogP contribution in [0.4, 0.5) is 4.39 Å². The van der Waals surface area contributed by atoms with Gasteiger partial charge in [0.05, 0.1) is 14.2 Å². The van der Waals surface area contributed by atoms with Gasteiger partial charge in [-0.3, -0.25) is 9.80 Å². The fourth-order valence-electron chi connectivity index (χ4n) is 6.93. The molecule has 0 bridgehead atoms. The van der Waals surface area contributed by atoms with Gasteiger partial charge in [0.25, 0.3) is 0 Å². The average Bonchev–Trinajstić information content (AvgIpc) is 3.04. The normalized spacial score (nSPS) is 22.6. The summed E-state index contributed by atoms with van der Waals surface area (Å²) in [7, 11) is 5.45. The number of fused-ring (bicyclic) bond motifs is 1. The molecule has 1 aliphatic heterocycles. The first-order chi connectivity index (χ1) is 20.9. The lowest BCUT2D eigenvalue weighted by molar-refractivity contribution is 0.0390. The van der Waals surface area contributed by atoms with E-state index >= 15 is 4.39 Å². The molecule has 2 aromatic carbocycles. The molecule has 5 rings (SSSR count). The van der Waals surface area contributed by atoms with Gasteiger partial charge in [0.2, 0.25) is 0 Å². The van der Waals surface area contributed by atoms with Crippen molar-refractivity contribution < 1.29 is 28.4 Å². The van der Waals surface area contributed by atoms with Crippen LogP contribution < -0.4 is 4.74 Å². The fourth-order valence-corrected chi connectivity index (χ4v) is 6.93. The molecule has 3 atom stereocenters. The first-order valence-electron chi connectivity index (χ1n) is 15.7. The summed E-state index contributed by atoms with van der Waals surface area (Å²) in [5, 5.41) is 9.97. The Kier molecular flexibility index (Phi) is 10.6. The van der Waals surface area contributed by atoms with Crippen molar-refractivity contribution >= 4 is 0 Å². The molecule has 2 aliphatic carbocycles. The number of methoxy groups -OCH3 is 2. The number of phenols is 1. The lowest BCUT2D eigenvalue weighted by Crippen LogP contribution is -2.44. The number of aromatic hydroxyl groups is 1. The number of benzene rings is 2. The van der Waals surface area contributed by atoms with Crippen molar-refractivity contribution in [3.05, 3.63) is 82.6 Å². The summed E-state index contributed by atoms with van der Waals surface area (Å²) in [4.78, 5) is 4.67. The maximum Gasteiger partial charge on any atom is 0.165 e. The maximum absolute atomic E-state index is 15.2. The molecule has 1 heterocycles. The zero-order valence-electron chi connectivity index (χ0n) is 26.1. The smallest absolute Gasteiger partial charge is 0.165 e. The van der Waals surface area contributed by atoms with E-state index in [4.69, 9.17) is 18.9 Å². The van der Waals surface area contributed by atoms with Gasteiger partial charge in [-0.1, -0.05) is 19.1 Å². The summed E-state index contributed by atoms with van der Waals surface area (Å²) >= 11 is 0. The van der Waals surface area contributed by atoms with E-state index in [1.54, 1.807) is 32.4 Å². The molecule has 0 spiro atoms. The second-order valence-electron chi connectivity index (χ2n) is 12.0. The Morgan fingerprint density at radius 3 is 2.47 bits per heavy atom. The van der Waals surface area contributed by atoms with E-state index in [1.807, 2.05) is 12.1 Å². The highest BCUT2D eigenvalue weighted by Gasteiger charge is 2.37. The summed E-state index contributed by atoms with van der Waals surface area (Å²) < 4.78 is 38.0. The van der Waals surface area contributed by atoms with Crippen molar-refractivity contribution in [3.8, 4) is 11.5 Å². The molecule has 2 aromatic rings. The van der Waals surface area contributed by atoms with Crippen LogP contribution in [0.5, 0.6) is 11.5 Å². The average molecular weight is 595 g/mol. The van der Waals surface area contributed by atoms with Gasteiger partial charge in [-0.15, -0.1) is 0 Å². The summed E-state index contributed by atoms with van der Waals surface area (Å²) in [6.45, 7) is 6.33. The Hall–Kier alpha value is -3.07. The number of hydrogen-bond donors (Lipinski definition) is 1. The zero-order valence-corrected chi connectivity index (χ0v) is 26.1. The van der Waals surface area contributed by atoms with Crippen molar-refractivity contribution in [2.45, 2.75) is 57.7 Å². The van der Waals surface area contributed by atoms with Crippen LogP contribution in [-0.2, 0) is 33.6 Å². The van der Waals surface area contributed by atoms with Crippen LogP contribution in [0.3, 0.4) is 0 Å². The minimum atomic E-state index is -0.329. The van der Waals surface area contributed by atoms with Crippen LogP contribution in [0, 0.1) is 17.7 Å². The molecule has 7 nitrogen and oxygen atoms in total. The quantitative estimate of drug-likeness (QED) is 0.338. The van der Waals surface area contributed by atoms with Gasteiger partial charge in [-0.25, -0.2) is 4.39 Å². The third-order valence-electron chi connectivity index (χ3n) is 9.47. The lowest BCUT2D eigenvalue weighted by atomic mass is 9.72. The number of halogens is 1. The summed E-state index contributed by atoms with van der Waals surface area (Å²) in [6, 6.07) is 11.6. The third-order valence-corrected chi connectivity index (χ3v) is 9.47. The van der Waals surface area contributed by atoms with E-state index in [1.165, 1.54) is 11.1 Å². The van der Waals surface area contributed by atoms with Gasteiger partial charge in [0, 0.05) is 44.3 Å². The van der Waals surface area contributed by atoms with Crippen LogP contribution in [-0.4, -0.2) is 81.2 Å². The van der Waals surface area contributed by atoms with Gasteiger partial charge in [0.1, 0.15) is 12.4 Å². The molecule has 3 aliphatic rings. The molecule has 0 amide bonds. The number of phenolic OH excluding ortho intramolecular Hbond substituents is 1. The lowest BCUT2D eigenvalue weighted by Gasteiger charge is -2.41. The number of likely N-dealkylation sites (N-methyl/N-ethyl adjacent to an activating group) is 2.